The van der Waals surface area contributed by atoms with E-state index < -0.39 is 0 Å². The van der Waals surface area contributed by atoms with Crippen LogP contribution in [0.3, 0.4) is 0 Å². The van der Waals surface area contributed by atoms with Crippen molar-refractivity contribution in [3.63, 3.8) is 0 Å². The monoisotopic (exact) mass is 286 g/mol. The normalized spacial score (nSPS) is 23.7. The van der Waals surface area contributed by atoms with E-state index in [-0.39, 0.29) is 5.91 Å². The van der Waals surface area contributed by atoms with Gasteiger partial charge in [0.1, 0.15) is 0 Å². The molecule has 3 nitrogen and oxygen atoms in total. The molecule has 0 N–H and O–H groups in total. The third-order valence-electron chi connectivity index (χ3n) is 4.06. The van der Waals surface area contributed by atoms with Crippen LogP contribution in [0, 0.1) is 0 Å². The second-order valence-electron chi connectivity index (χ2n) is 5.88. The van der Waals surface area contributed by atoms with Crippen LogP contribution in [0.4, 0.5) is 0 Å². The van der Waals surface area contributed by atoms with Crippen LogP contribution in [-0.4, -0.2) is 47.4 Å². The van der Waals surface area contributed by atoms with Gasteiger partial charge in [-0.3, -0.25) is 9.69 Å². The summed E-state index contributed by atoms with van der Waals surface area (Å²) in [6.45, 7) is 9.09. The molecular weight excluding hydrogens is 260 g/mol. The number of amides is 1. The van der Waals surface area contributed by atoms with Crippen LogP contribution in [0.5, 0.6) is 0 Å². The third kappa shape index (κ3) is 4.18. The molecule has 1 fully saturated rings. The van der Waals surface area contributed by atoms with Crippen LogP contribution in [0.2, 0.25) is 0 Å². The lowest BCUT2D eigenvalue weighted by Gasteiger charge is -2.44. The van der Waals surface area contributed by atoms with Gasteiger partial charge in [0.05, 0.1) is 0 Å². The first-order valence-electron chi connectivity index (χ1n) is 7.87. The number of hydrogen-bond acceptors (Lipinski definition) is 2. The van der Waals surface area contributed by atoms with Crippen LogP contribution in [0.15, 0.2) is 36.4 Å². The second kappa shape index (κ2) is 7.41. The van der Waals surface area contributed by atoms with Crippen LogP contribution in [0.25, 0.3) is 6.08 Å². The predicted octanol–water partition coefficient (Wildman–Crippen LogP) is 3.03. The summed E-state index contributed by atoms with van der Waals surface area (Å²) in [5.74, 6) is 0.273. The van der Waals surface area contributed by atoms with E-state index in [0.29, 0.717) is 18.5 Å². The topological polar surface area (TPSA) is 23.6 Å². The molecule has 1 aromatic rings. The number of rotatable bonds is 4. The fraction of sp³-hybridized carbons (Fsp3) is 0.500. The maximum Gasteiger partial charge on any atom is 0.222 e. The molecule has 114 valence electrons. The summed E-state index contributed by atoms with van der Waals surface area (Å²) in [7, 11) is 0. The molecule has 21 heavy (non-hydrogen) atoms. The van der Waals surface area contributed by atoms with Gasteiger partial charge in [-0.2, -0.15) is 0 Å². The summed E-state index contributed by atoms with van der Waals surface area (Å²) >= 11 is 0. The maximum absolute atomic E-state index is 12.0. The van der Waals surface area contributed by atoms with E-state index in [2.05, 4.69) is 60.1 Å². The van der Waals surface area contributed by atoms with Gasteiger partial charge < -0.3 is 4.90 Å². The fourth-order valence-electron chi connectivity index (χ4n) is 3.16. The van der Waals surface area contributed by atoms with E-state index in [1.165, 1.54) is 5.56 Å². The zero-order chi connectivity index (χ0) is 15.2. The van der Waals surface area contributed by atoms with Crippen molar-refractivity contribution in [3.05, 3.63) is 42.0 Å². The Morgan fingerprint density at radius 1 is 1.19 bits per heavy atom. The van der Waals surface area contributed by atoms with Crippen molar-refractivity contribution < 1.29 is 4.79 Å². The van der Waals surface area contributed by atoms with E-state index >= 15 is 0 Å². The molecule has 1 aliphatic heterocycles. The lowest BCUT2D eigenvalue weighted by Crippen LogP contribution is -2.58. The van der Waals surface area contributed by atoms with Gasteiger partial charge in [-0.15, -0.1) is 0 Å². The molecule has 0 aliphatic carbocycles. The summed E-state index contributed by atoms with van der Waals surface area (Å²) in [5.41, 5.74) is 1.23. The van der Waals surface area contributed by atoms with Crippen molar-refractivity contribution in [1.29, 1.82) is 0 Å². The predicted molar refractivity (Wildman–Crippen MR) is 88.0 cm³/mol. The first-order chi connectivity index (χ1) is 10.1. The molecule has 2 rings (SSSR count). The molecule has 0 aromatic heterocycles. The molecule has 1 aromatic carbocycles. The average molecular weight is 286 g/mol. The Bertz CT molecular complexity index is 471. The largest absolute Gasteiger partial charge is 0.335 e. The molecule has 2 unspecified atom stereocenters. The highest BCUT2D eigenvalue weighted by molar-refractivity contribution is 5.76. The first kappa shape index (κ1) is 15.8. The van der Waals surface area contributed by atoms with E-state index in [4.69, 9.17) is 0 Å². The van der Waals surface area contributed by atoms with Crippen LogP contribution >= 0.6 is 0 Å². The Labute approximate surface area is 128 Å². The number of carbonyl (C=O) groups excluding carboxylic acids is 1. The van der Waals surface area contributed by atoms with E-state index in [1.807, 2.05) is 13.0 Å². The molecule has 2 atom stereocenters. The SMILES string of the molecule is CCC(=O)N1C(C)CN(C/C=C/c2ccccc2)CC1C. The number of carbonyl (C=O) groups is 1. The van der Waals surface area contributed by atoms with Crippen LogP contribution in [-0.2, 0) is 4.79 Å². The molecule has 0 bridgehead atoms. The van der Waals surface area contributed by atoms with Gasteiger partial charge in [0.15, 0.2) is 0 Å². The number of nitrogens with zero attached hydrogens (tertiary/aromatic N) is 2. The van der Waals surface area contributed by atoms with E-state index in [9.17, 15) is 4.79 Å². The van der Waals surface area contributed by atoms with Crippen molar-refractivity contribution >= 4 is 12.0 Å². The minimum Gasteiger partial charge on any atom is -0.335 e. The van der Waals surface area contributed by atoms with Crippen molar-refractivity contribution in [1.82, 2.24) is 9.80 Å². The first-order valence-corrected chi connectivity index (χ1v) is 7.87. The number of piperazine rings is 1. The number of hydrogen-bond donors (Lipinski definition) is 0. The smallest absolute Gasteiger partial charge is 0.222 e. The van der Waals surface area contributed by atoms with Gasteiger partial charge in [0.2, 0.25) is 5.91 Å². The fourth-order valence-corrected chi connectivity index (χ4v) is 3.16. The molecular formula is C18H26N2O. The Morgan fingerprint density at radius 3 is 2.38 bits per heavy atom. The van der Waals surface area contributed by atoms with Gasteiger partial charge in [0, 0.05) is 38.1 Å². The van der Waals surface area contributed by atoms with Gasteiger partial charge in [-0.25, -0.2) is 0 Å². The minimum absolute atomic E-state index is 0.273. The standard InChI is InChI=1S/C18H26N2O/c1-4-18(21)20-15(2)13-19(14-16(20)3)12-8-11-17-9-6-5-7-10-17/h5-11,15-16H,4,12-14H2,1-3H3/b11-8+. The lowest BCUT2D eigenvalue weighted by molar-refractivity contribution is -0.138. The summed E-state index contributed by atoms with van der Waals surface area (Å²) in [6, 6.07) is 11.0. The zero-order valence-corrected chi connectivity index (χ0v) is 13.3. The quantitative estimate of drug-likeness (QED) is 0.849. The Kier molecular flexibility index (Phi) is 5.57. The van der Waals surface area contributed by atoms with Crippen LogP contribution in [0.1, 0.15) is 32.8 Å². The maximum atomic E-state index is 12.0. The molecule has 1 aliphatic rings. The lowest BCUT2D eigenvalue weighted by atomic mass is 10.1. The van der Waals surface area contributed by atoms with Gasteiger partial charge in [-0.1, -0.05) is 49.4 Å². The summed E-state index contributed by atoms with van der Waals surface area (Å²) in [4.78, 5) is 16.5. The molecule has 0 radical (unpaired) electrons. The summed E-state index contributed by atoms with van der Waals surface area (Å²) < 4.78 is 0. The van der Waals surface area contributed by atoms with Crippen molar-refractivity contribution in [2.24, 2.45) is 0 Å². The molecule has 0 saturated carbocycles. The van der Waals surface area contributed by atoms with Crippen molar-refractivity contribution in [3.8, 4) is 0 Å². The van der Waals surface area contributed by atoms with Gasteiger partial charge >= 0.3 is 0 Å². The average Bonchev–Trinajstić information content (AvgIpc) is 2.47. The molecule has 0 spiro atoms. The van der Waals surface area contributed by atoms with Crippen molar-refractivity contribution in [2.75, 3.05) is 19.6 Å². The minimum atomic E-state index is 0.273. The highest BCUT2D eigenvalue weighted by atomic mass is 16.2. The third-order valence-corrected chi connectivity index (χ3v) is 4.06. The summed E-state index contributed by atoms with van der Waals surface area (Å²) in [5, 5.41) is 0. The van der Waals surface area contributed by atoms with E-state index in [0.717, 1.165) is 19.6 Å². The molecule has 1 amide bonds. The molecule has 3 heteroatoms. The zero-order valence-electron chi connectivity index (χ0n) is 13.3. The van der Waals surface area contributed by atoms with Gasteiger partial charge in [0.25, 0.3) is 0 Å². The van der Waals surface area contributed by atoms with Crippen molar-refractivity contribution in [2.45, 2.75) is 39.3 Å². The van der Waals surface area contributed by atoms with Gasteiger partial charge in [-0.05, 0) is 19.4 Å². The van der Waals surface area contributed by atoms with Crippen LogP contribution < -0.4 is 0 Å². The Balaban J connectivity index is 1.89. The molecule has 1 heterocycles. The second-order valence-corrected chi connectivity index (χ2v) is 5.88. The highest BCUT2D eigenvalue weighted by Crippen LogP contribution is 2.17. The van der Waals surface area contributed by atoms with E-state index in [1.54, 1.807) is 0 Å². The molecule has 1 saturated heterocycles. The Hall–Kier alpha value is -1.61. The number of benzene rings is 1. The highest BCUT2D eigenvalue weighted by Gasteiger charge is 2.31. The summed E-state index contributed by atoms with van der Waals surface area (Å²) in [6.07, 6.45) is 4.98. The Morgan fingerprint density at radius 2 is 1.81 bits per heavy atom.